The van der Waals surface area contributed by atoms with Crippen LogP contribution in [0.2, 0.25) is 5.02 Å². The summed E-state index contributed by atoms with van der Waals surface area (Å²) >= 11 is 6.26. The van der Waals surface area contributed by atoms with Crippen molar-refractivity contribution in [1.82, 2.24) is 0 Å². The van der Waals surface area contributed by atoms with Crippen molar-refractivity contribution in [3.8, 4) is 5.75 Å². The van der Waals surface area contributed by atoms with E-state index in [1.54, 1.807) is 30.3 Å². The Balaban J connectivity index is 2.24. The smallest absolute Gasteiger partial charge is 0.255 e. The van der Waals surface area contributed by atoms with Crippen LogP contribution < -0.4 is 10.1 Å². The minimum Gasteiger partial charge on any atom is -0.489 e. The molecule has 5 heteroatoms. The Hall–Kier alpha value is -2.33. The predicted octanol–water partition coefficient (Wildman–Crippen LogP) is 5.20. The predicted molar refractivity (Wildman–Crippen MR) is 101 cm³/mol. The molecule has 0 heterocycles. The quantitative estimate of drug-likeness (QED) is 0.746. The summed E-state index contributed by atoms with van der Waals surface area (Å²) in [5.74, 6) is 0.324. The van der Waals surface area contributed by atoms with Crippen LogP contribution in [0, 0.1) is 13.8 Å². The van der Waals surface area contributed by atoms with Gasteiger partial charge in [0.2, 0.25) is 0 Å². The van der Waals surface area contributed by atoms with Gasteiger partial charge in [0.1, 0.15) is 5.75 Å². The number of anilines is 1. The first-order chi connectivity index (χ1) is 11.7. The molecule has 0 bridgehead atoms. The van der Waals surface area contributed by atoms with Crippen LogP contribution in [0.3, 0.4) is 0 Å². The third kappa shape index (κ3) is 4.60. The second kappa shape index (κ2) is 7.70. The topological polar surface area (TPSA) is 55.4 Å². The molecule has 2 aromatic rings. The second-order valence-corrected chi connectivity index (χ2v) is 6.72. The van der Waals surface area contributed by atoms with Crippen LogP contribution in [0.25, 0.3) is 0 Å². The van der Waals surface area contributed by atoms with Gasteiger partial charge in [0.25, 0.3) is 5.91 Å². The normalized spacial score (nSPS) is 10.7. The average molecular weight is 360 g/mol. The van der Waals surface area contributed by atoms with Gasteiger partial charge in [0.05, 0.1) is 11.1 Å². The number of amides is 1. The number of benzene rings is 2. The Kier molecular flexibility index (Phi) is 5.85. The highest BCUT2D eigenvalue weighted by Crippen LogP contribution is 2.31. The fraction of sp³-hybridized carbons (Fsp3) is 0.300. The van der Waals surface area contributed by atoms with Gasteiger partial charge in [-0.15, -0.1) is 0 Å². The lowest BCUT2D eigenvalue weighted by Gasteiger charge is -2.15. The zero-order valence-electron chi connectivity index (χ0n) is 15.1. The van der Waals surface area contributed by atoms with E-state index >= 15 is 0 Å². The molecule has 0 saturated heterocycles. The van der Waals surface area contributed by atoms with Gasteiger partial charge in [0.15, 0.2) is 5.78 Å². The van der Waals surface area contributed by atoms with Gasteiger partial charge in [-0.25, -0.2) is 0 Å². The molecule has 1 N–H and O–H groups in total. The first kappa shape index (κ1) is 19.0. The number of ether oxygens (including phenoxy) is 1. The van der Waals surface area contributed by atoms with Crippen molar-refractivity contribution in [3.05, 3.63) is 57.6 Å². The number of aryl methyl sites for hydroxylation is 2. The molecule has 0 aliphatic heterocycles. The van der Waals surface area contributed by atoms with Crippen LogP contribution >= 0.6 is 11.6 Å². The van der Waals surface area contributed by atoms with Gasteiger partial charge < -0.3 is 10.1 Å². The summed E-state index contributed by atoms with van der Waals surface area (Å²) in [6, 6.07) is 8.55. The third-order valence-corrected chi connectivity index (χ3v) is 3.99. The van der Waals surface area contributed by atoms with E-state index in [0.29, 0.717) is 27.6 Å². The number of hydrogen-bond acceptors (Lipinski definition) is 3. The molecule has 25 heavy (non-hydrogen) atoms. The summed E-state index contributed by atoms with van der Waals surface area (Å²) in [7, 11) is 0. The summed E-state index contributed by atoms with van der Waals surface area (Å²) in [6.45, 7) is 9.05. The number of rotatable bonds is 5. The Bertz CT molecular complexity index is 805. The Morgan fingerprint density at radius 1 is 1.08 bits per heavy atom. The minimum absolute atomic E-state index is 0.00126. The van der Waals surface area contributed by atoms with Crippen molar-refractivity contribution in [2.45, 2.75) is 40.7 Å². The van der Waals surface area contributed by atoms with Gasteiger partial charge in [-0.3, -0.25) is 9.59 Å². The molecule has 2 rings (SSSR count). The number of Topliss-reactive ketones (excluding diaryl/α,β-unsaturated/α-hetero) is 1. The van der Waals surface area contributed by atoms with E-state index in [9.17, 15) is 9.59 Å². The first-order valence-corrected chi connectivity index (χ1v) is 8.46. The zero-order chi connectivity index (χ0) is 18.7. The molecule has 2 aromatic carbocycles. The Labute approximate surface area is 153 Å². The molecule has 0 aromatic heterocycles. The van der Waals surface area contributed by atoms with Crippen molar-refractivity contribution in [2.75, 3.05) is 5.32 Å². The van der Waals surface area contributed by atoms with Crippen LogP contribution in [0.4, 0.5) is 5.69 Å². The summed E-state index contributed by atoms with van der Waals surface area (Å²) in [6.07, 6.45) is -0.00126. The van der Waals surface area contributed by atoms with Crippen molar-refractivity contribution >= 4 is 29.0 Å². The van der Waals surface area contributed by atoms with Crippen LogP contribution in [0.1, 0.15) is 52.6 Å². The van der Waals surface area contributed by atoms with Crippen LogP contribution in [-0.2, 0) is 0 Å². The Morgan fingerprint density at radius 3 is 2.28 bits per heavy atom. The number of halogens is 1. The molecule has 132 valence electrons. The summed E-state index contributed by atoms with van der Waals surface area (Å²) in [5.41, 5.74) is 3.34. The number of carbonyl (C=O) groups excluding carboxylic acids is 2. The largest absolute Gasteiger partial charge is 0.489 e. The number of carbonyl (C=O) groups is 2. The number of hydrogen-bond donors (Lipinski definition) is 1. The zero-order valence-corrected chi connectivity index (χ0v) is 15.8. The monoisotopic (exact) mass is 359 g/mol. The van der Waals surface area contributed by atoms with Gasteiger partial charge >= 0.3 is 0 Å². The molecule has 0 aliphatic rings. The van der Waals surface area contributed by atoms with Crippen molar-refractivity contribution in [2.24, 2.45) is 0 Å². The Morgan fingerprint density at radius 2 is 1.76 bits per heavy atom. The SMILES string of the molecule is CC(=O)c1ccc(NC(=O)c2cc(C)c(OC(C)C)c(Cl)c2)cc1C. The highest BCUT2D eigenvalue weighted by atomic mass is 35.5. The fourth-order valence-corrected chi connectivity index (χ4v) is 2.90. The van der Waals surface area contributed by atoms with E-state index in [1.807, 2.05) is 27.7 Å². The van der Waals surface area contributed by atoms with Crippen LogP contribution in [0.5, 0.6) is 5.75 Å². The highest BCUT2D eigenvalue weighted by molar-refractivity contribution is 6.32. The molecule has 1 amide bonds. The van der Waals surface area contributed by atoms with Crippen molar-refractivity contribution in [1.29, 1.82) is 0 Å². The number of nitrogens with one attached hydrogen (secondary N) is 1. The molecule has 0 aliphatic carbocycles. The van der Waals surface area contributed by atoms with E-state index in [4.69, 9.17) is 16.3 Å². The maximum Gasteiger partial charge on any atom is 0.255 e. The fourth-order valence-electron chi connectivity index (χ4n) is 2.59. The van der Waals surface area contributed by atoms with Crippen LogP contribution in [0.15, 0.2) is 30.3 Å². The lowest BCUT2D eigenvalue weighted by Crippen LogP contribution is -2.14. The molecule has 0 fully saturated rings. The summed E-state index contributed by atoms with van der Waals surface area (Å²) < 4.78 is 5.68. The lowest BCUT2D eigenvalue weighted by atomic mass is 10.0. The molecular weight excluding hydrogens is 338 g/mol. The van der Waals surface area contributed by atoms with Gasteiger partial charge in [-0.05, 0) is 76.1 Å². The maximum atomic E-state index is 12.5. The average Bonchev–Trinajstić information content (AvgIpc) is 2.50. The van der Waals surface area contributed by atoms with Crippen molar-refractivity contribution < 1.29 is 14.3 Å². The molecule has 0 atom stereocenters. The van der Waals surface area contributed by atoms with E-state index in [1.165, 1.54) is 6.92 Å². The first-order valence-electron chi connectivity index (χ1n) is 8.08. The maximum absolute atomic E-state index is 12.5. The lowest BCUT2D eigenvalue weighted by molar-refractivity contribution is 0.101. The molecule has 0 unspecified atom stereocenters. The molecule has 4 nitrogen and oxygen atoms in total. The van der Waals surface area contributed by atoms with E-state index < -0.39 is 0 Å². The van der Waals surface area contributed by atoms with Gasteiger partial charge in [-0.2, -0.15) is 0 Å². The van der Waals surface area contributed by atoms with Crippen LogP contribution in [-0.4, -0.2) is 17.8 Å². The molecule has 0 radical (unpaired) electrons. The summed E-state index contributed by atoms with van der Waals surface area (Å²) in [5, 5.41) is 3.23. The summed E-state index contributed by atoms with van der Waals surface area (Å²) in [4.78, 5) is 24.0. The molecular formula is C20H22ClNO3. The standard InChI is InChI=1S/C20H22ClNO3/c1-11(2)25-19-13(4)8-15(10-18(19)21)20(24)22-16-6-7-17(14(5)23)12(3)9-16/h6-11H,1-5H3,(H,22,24). The second-order valence-electron chi connectivity index (χ2n) is 6.31. The van der Waals surface area contributed by atoms with E-state index in [-0.39, 0.29) is 17.8 Å². The van der Waals surface area contributed by atoms with Gasteiger partial charge in [-0.1, -0.05) is 11.6 Å². The number of ketones is 1. The van der Waals surface area contributed by atoms with Gasteiger partial charge in [0, 0.05) is 16.8 Å². The van der Waals surface area contributed by atoms with E-state index in [0.717, 1.165) is 11.1 Å². The molecule has 0 spiro atoms. The van der Waals surface area contributed by atoms with Crippen molar-refractivity contribution in [3.63, 3.8) is 0 Å². The molecule has 0 saturated carbocycles. The third-order valence-electron chi connectivity index (χ3n) is 3.71. The van der Waals surface area contributed by atoms with E-state index in [2.05, 4.69) is 5.32 Å². The highest BCUT2D eigenvalue weighted by Gasteiger charge is 2.14. The minimum atomic E-state index is -0.268.